The minimum absolute atomic E-state index is 0.418. The fraction of sp³-hybridized carbons (Fsp3) is 1.00. The molecule has 0 amide bonds. The monoisotopic (exact) mass is 151 g/mol. The van der Waals surface area contributed by atoms with Gasteiger partial charge in [0.1, 0.15) is 6.10 Å². The van der Waals surface area contributed by atoms with Crippen molar-refractivity contribution in [1.82, 2.24) is 0 Å². The summed E-state index contributed by atoms with van der Waals surface area (Å²) >= 11 is 0. The molecule has 5 nitrogen and oxygen atoms in total. The highest BCUT2D eigenvalue weighted by atomic mass is 16.4. The van der Waals surface area contributed by atoms with E-state index in [9.17, 15) is 0 Å². The molecule has 0 aliphatic rings. The van der Waals surface area contributed by atoms with E-state index in [0.29, 0.717) is 0 Å². The van der Waals surface area contributed by atoms with E-state index in [1.165, 1.54) is 0 Å². The van der Waals surface area contributed by atoms with E-state index in [1.807, 2.05) is 0 Å². The molecule has 5 heteroatoms. The summed E-state index contributed by atoms with van der Waals surface area (Å²) in [6.45, 7) is -0.979. The molecule has 0 aromatic rings. The second-order valence-electron chi connectivity index (χ2n) is 2.09. The van der Waals surface area contributed by atoms with Gasteiger partial charge in [-0.15, -0.1) is 0 Å². The van der Waals surface area contributed by atoms with E-state index in [0.717, 1.165) is 0 Å². The van der Waals surface area contributed by atoms with Gasteiger partial charge in [0.25, 0.3) is 0 Å². The van der Waals surface area contributed by atoms with E-state index in [-0.39, 0.29) is 0 Å². The minimum atomic E-state index is -1.28. The lowest BCUT2D eigenvalue weighted by Crippen LogP contribution is -2.46. The number of nitrogens with two attached hydrogens (primary N) is 1. The first-order chi connectivity index (χ1) is 4.63. The van der Waals surface area contributed by atoms with E-state index in [1.54, 1.807) is 0 Å². The summed E-state index contributed by atoms with van der Waals surface area (Å²) in [4.78, 5) is 0. The van der Waals surface area contributed by atoms with Gasteiger partial charge in [-0.25, -0.2) is 0 Å². The molecule has 3 atom stereocenters. The van der Waals surface area contributed by atoms with Gasteiger partial charge in [0.05, 0.1) is 25.4 Å². The van der Waals surface area contributed by atoms with Gasteiger partial charge in [0.2, 0.25) is 0 Å². The maximum atomic E-state index is 8.89. The topological polar surface area (TPSA) is 107 Å². The van der Waals surface area contributed by atoms with Gasteiger partial charge in [0, 0.05) is 0 Å². The van der Waals surface area contributed by atoms with Crippen molar-refractivity contribution < 1.29 is 20.4 Å². The first-order valence-corrected chi connectivity index (χ1v) is 2.97. The molecule has 0 spiro atoms. The maximum Gasteiger partial charge on any atom is 0.104 e. The summed E-state index contributed by atoms with van der Waals surface area (Å²) in [5.74, 6) is 0. The average Bonchev–Trinajstić information content (AvgIpc) is 2.00. The summed E-state index contributed by atoms with van der Waals surface area (Å²) in [6, 6.07) is -0.901. The van der Waals surface area contributed by atoms with Crippen LogP contribution in [0.3, 0.4) is 0 Å². The van der Waals surface area contributed by atoms with Gasteiger partial charge in [-0.3, -0.25) is 0 Å². The van der Waals surface area contributed by atoms with Crippen molar-refractivity contribution in [2.24, 2.45) is 5.73 Å². The van der Waals surface area contributed by atoms with Crippen LogP contribution < -0.4 is 5.73 Å². The normalized spacial score (nSPS) is 20.1. The highest BCUT2D eigenvalue weighted by Gasteiger charge is 2.21. The fourth-order valence-electron chi connectivity index (χ4n) is 0.501. The Balaban J connectivity index is 3.69. The molecule has 0 heterocycles. The minimum Gasteiger partial charge on any atom is -0.395 e. The van der Waals surface area contributed by atoms with Crippen molar-refractivity contribution in [2.75, 3.05) is 13.2 Å². The molecule has 0 unspecified atom stereocenters. The lowest BCUT2D eigenvalue weighted by Gasteiger charge is -2.20. The van der Waals surface area contributed by atoms with Gasteiger partial charge in [0.15, 0.2) is 0 Å². The molecule has 0 fully saturated rings. The molecule has 0 saturated heterocycles. The number of hydrogen-bond donors (Lipinski definition) is 5. The van der Waals surface area contributed by atoms with Crippen LogP contribution in [-0.2, 0) is 0 Å². The first kappa shape index (κ1) is 9.80. The Hall–Kier alpha value is -0.200. The van der Waals surface area contributed by atoms with E-state index < -0.39 is 31.5 Å². The summed E-state index contributed by atoms with van der Waals surface area (Å²) in [7, 11) is 0. The number of aliphatic hydroxyl groups is 4. The second-order valence-corrected chi connectivity index (χ2v) is 2.09. The number of rotatable bonds is 4. The standard InChI is InChI=1S/C5H13NO4/c6-3(1-7)5(10)4(9)2-8/h3-5,7-10H,1-2,6H2/t3-,4+,5-/m1/s1. The van der Waals surface area contributed by atoms with Gasteiger partial charge < -0.3 is 26.2 Å². The molecule has 6 N–H and O–H groups in total. The maximum absolute atomic E-state index is 8.89. The van der Waals surface area contributed by atoms with Crippen LogP contribution in [0.15, 0.2) is 0 Å². The number of aliphatic hydroxyl groups excluding tert-OH is 4. The Morgan fingerprint density at radius 1 is 1.10 bits per heavy atom. The zero-order valence-electron chi connectivity index (χ0n) is 5.51. The van der Waals surface area contributed by atoms with Crippen LogP contribution in [0.2, 0.25) is 0 Å². The molecule has 0 aliphatic heterocycles. The van der Waals surface area contributed by atoms with Gasteiger partial charge in [-0.1, -0.05) is 0 Å². The SMILES string of the molecule is N[C@H](CO)[C@@H](O)[C@@H](O)CO. The zero-order chi connectivity index (χ0) is 8.15. The molecule has 0 aliphatic carbocycles. The molecule has 0 rings (SSSR count). The Labute approximate surface area is 58.7 Å². The molecule has 0 radical (unpaired) electrons. The van der Waals surface area contributed by atoms with Crippen LogP contribution in [0.4, 0.5) is 0 Å². The first-order valence-electron chi connectivity index (χ1n) is 2.97. The lowest BCUT2D eigenvalue weighted by molar-refractivity contribution is -0.0336. The van der Waals surface area contributed by atoms with Gasteiger partial charge in [-0.2, -0.15) is 0 Å². The Kier molecular flexibility index (Phi) is 4.50. The average molecular weight is 151 g/mol. The van der Waals surface area contributed by atoms with Crippen LogP contribution >= 0.6 is 0 Å². The van der Waals surface area contributed by atoms with Crippen LogP contribution in [-0.4, -0.2) is 51.9 Å². The fourth-order valence-corrected chi connectivity index (χ4v) is 0.501. The van der Waals surface area contributed by atoms with Crippen molar-refractivity contribution in [2.45, 2.75) is 18.2 Å². The van der Waals surface area contributed by atoms with Crippen molar-refractivity contribution in [3.8, 4) is 0 Å². The summed E-state index contributed by atoms with van der Waals surface area (Å²) < 4.78 is 0. The Morgan fingerprint density at radius 2 is 1.60 bits per heavy atom. The Morgan fingerprint density at radius 3 is 1.90 bits per heavy atom. The summed E-state index contributed by atoms with van der Waals surface area (Å²) in [6.07, 6.45) is -2.54. The molecule has 10 heavy (non-hydrogen) atoms. The molecular weight excluding hydrogens is 138 g/mol. The molecule has 0 aromatic heterocycles. The van der Waals surface area contributed by atoms with Crippen LogP contribution in [0, 0.1) is 0 Å². The third kappa shape index (κ3) is 2.59. The van der Waals surface area contributed by atoms with Crippen LogP contribution in [0.1, 0.15) is 0 Å². The molecule has 0 saturated carbocycles. The predicted molar refractivity (Wildman–Crippen MR) is 34.2 cm³/mol. The molecule has 0 aromatic carbocycles. The van der Waals surface area contributed by atoms with E-state index in [4.69, 9.17) is 26.2 Å². The molecular formula is C5H13NO4. The molecule has 0 bridgehead atoms. The molecule has 62 valence electrons. The highest BCUT2D eigenvalue weighted by molar-refractivity contribution is 4.76. The van der Waals surface area contributed by atoms with Crippen molar-refractivity contribution in [3.05, 3.63) is 0 Å². The number of hydrogen-bond acceptors (Lipinski definition) is 5. The quantitative estimate of drug-likeness (QED) is 0.295. The predicted octanol–water partition coefficient (Wildman–Crippen LogP) is -2.98. The van der Waals surface area contributed by atoms with Crippen molar-refractivity contribution in [1.29, 1.82) is 0 Å². The van der Waals surface area contributed by atoms with Crippen LogP contribution in [0.25, 0.3) is 0 Å². The smallest absolute Gasteiger partial charge is 0.104 e. The third-order valence-electron chi connectivity index (χ3n) is 1.23. The third-order valence-corrected chi connectivity index (χ3v) is 1.23. The highest BCUT2D eigenvalue weighted by Crippen LogP contribution is 1.95. The van der Waals surface area contributed by atoms with Crippen molar-refractivity contribution in [3.63, 3.8) is 0 Å². The second kappa shape index (κ2) is 4.59. The zero-order valence-corrected chi connectivity index (χ0v) is 5.51. The van der Waals surface area contributed by atoms with E-state index >= 15 is 0 Å². The van der Waals surface area contributed by atoms with Gasteiger partial charge >= 0.3 is 0 Å². The Bertz CT molecular complexity index is 79.7. The largest absolute Gasteiger partial charge is 0.395 e. The van der Waals surface area contributed by atoms with Crippen LogP contribution in [0.5, 0.6) is 0 Å². The van der Waals surface area contributed by atoms with Gasteiger partial charge in [-0.05, 0) is 0 Å². The lowest BCUT2D eigenvalue weighted by atomic mass is 10.1. The summed E-state index contributed by atoms with van der Waals surface area (Å²) in [5, 5.41) is 34.3. The summed E-state index contributed by atoms with van der Waals surface area (Å²) in [5.41, 5.74) is 5.12. The van der Waals surface area contributed by atoms with Crippen molar-refractivity contribution >= 4 is 0 Å². The van der Waals surface area contributed by atoms with E-state index in [2.05, 4.69) is 0 Å².